The van der Waals surface area contributed by atoms with Crippen molar-refractivity contribution in [3.8, 4) is 0 Å². The van der Waals surface area contributed by atoms with Crippen molar-refractivity contribution >= 4 is 27.6 Å². The summed E-state index contributed by atoms with van der Waals surface area (Å²) in [5.41, 5.74) is 0.887. The normalized spacial score (nSPS) is 12.6. The molecule has 2 aromatic rings. The van der Waals surface area contributed by atoms with Crippen LogP contribution < -0.4 is 10.0 Å². The first-order valence-corrected chi connectivity index (χ1v) is 9.11. The van der Waals surface area contributed by atoms with Gasteiger partial charge in [0, 0.05) is 0 Å². The minimum Gasteiger partial charge on any atom is -0.478 e. The fourth-order valence-corrected chi connectivity index (χ4v) is 3.92. The molecule has 1 aromatic carbocycles. The summed E-state index contributed by atoms with van der Waals surface area (Å²) < 4.78 is 31.9. The third-order valence-electron chi connectivity index (χ3n) is 3.63. The summed E-state index contributed by atoms with van der Waals surface area (Å²) >= 11 is 0. The standard InChI is InChI=1S/C16H19N3O6S/c1-8-5-6-13(12(7-8)16(21)22)17-15(20)10(3)19-26(23,24)14-9(2)18-25-11(14)4/h5-7,10,19H,1-4H3,(H,17,20)(H,21,22). The van der Waals surface area contributed by atoms with Crippen molar-refractivity contribution in [1.82, 2.24) is 9.88 Å². The average Bonchev–Trinajstić information content (AvgIpc) is 2.87. The maximum atomic E-state index is 12.4. The Bertz CT molecular complexity index is 945. The second kappa shape index (κ2) is 7.26. The molecule has 3 N–H and O–H groups in total. The molecule has 1 heterocycles. The number of hydrogen-bond acceptors (Lipinski definition) is 6. The summed E-state index contributed by atoms with van der Waals surface area (Å²) in [6.45, 7) is 5.99. The van der Waals surface area contributed by atoms with Gasteiger partial charge in [-0.15, -0.1) is 0 Å². The lowest BCUT2D eigenvalue weighted by Gasteiger charge is -2.15. The van der Waals surface area contributed by atoms with E-state index in [1.54, 1.807) is 13.0 Å². The van der Waals surface area contributed by atoms with Gasteiger partial charge in [-0.1, -0.05) is 16.8 Å². The second-order valence-corrected chi connectivity index (χ2v) is 7.49. The van der Waals surface area contributed by atoms with E-state index in [4.69, 9.17) is 4.52 Å². The van der Waals surface area contributed by atoms with Gasteiger partial charge in [-0.2, -0.15) is 4.72 Å². The number of anilines is 1. The summed E-state index contributed by atoms with van der Waals surface area (Å²) in [4.78, 5) is 23.5. The molecule has 0 aliphatic heterocycles. The van der Waals surface area contributed by atoms with Crippen molar-refractivity contribution in [2.45, 2.75) is 38.6 Å². The lowest BCUT2D eigenvalue weighted by Crippen LogP contribution is -2.42. The minimum absolute atomic E-state index is 0.0801. The smallest absolute Gasteiger partial charge is 0.337 e. The number of hydrogen-bond donors (Lipinski definition) is 3. The number of carbonyl (C=O) groups is 2. The molecule has 0 spiro atoms. The Morgan fingerprint density at radius 2 is 1.88 bits per heavy atom. The summed E-state index contributed by atoms with van der Waals surface area (Å²) in [7, 11) is -4.03. The third-order valence-corrected chi connectivity index (χ3v) is 5.41. The molecule has 1 unspecified atom stereocenters. The van der Waals surface area contributed by atoms with Gasteiger partial charge in [-0.25, -0.2) is 13.2 Å². The van der Waals surface area contributed by atoms with Crippen LogP contribution in [0.15, 0.2) is 27.6 Å². The quantitative estimate of drug-likeness (QED) is 0.691. The first-order valence-electron chi connectivity index (χ1n) is 7.63. The van der Waals surface area contributed by atoms with Crippen molar-refractivity contribution in [2.75, 3.05) is 5.32 Å². The Morgan fingerprint density at radius 1 is 1.23 bits per heavy atom. The molecule has 0 radical (unpaired) electrons. The molecular weight excluding hydrogens is 362 g/mol. The maximum absolute atomic E-state index is 12.4. The van der Waals surface area contributed by atoms with Crippen LogP contribution in [0.1, 0.15) is 34.3 Å². The van der Waals surface area contributed by atoms with E-state index in [1.807, 2.05) is 0 Å². The van der Waals surface area contributed by atoms with Gasteiger partial charge >= 0.3 is 5.97 Å². The van der Waals surface area contributed by atoms with E-state index in [1.165, 1.54) is 32.9 Å². The van der Waals surface area contributed by atoms with Gasteiger partial charge in [0.25, 0.3) is 0 Å². The Labute approximate surface area is 150 Å². The molecule has 0 saturated carbocycles. The van der Waals surface area contributed by atoms with E-state index in [0.717, 1.165) is 0 Å². The van der Waals surface area contributed by atoms with Crippen LogP contribution in [-0.4, -0.2) is 36.6 Å². The molecular formula is C16H19N3O6S. The van der Waals surface area contributed by atoms with Crippen molar-refractivity contribution in [3.63, 3.8) is 0 Å². The van der Waals surface area contributed by atoms with Crippen LogP contribution >= 0.6 is 0 Å². The predicted molar refractivity (Wildman–Crippen MR) is 92.5 cm³/mol. The van der Waals surface area contributed by atoms with Crippen LogP contribution in [0.3, 0.4) is 0 Å². The average molecular weight is 381 g/mol. The van der Waals surface area contributed by atoms with E-state index in [9.17, 15) is 23.1 Å². The number of benzene rings is 1. The molecule has 140 valence electrons. The largest absolute Gasteiger partial charge is 0.478 e. The number of carboxylic acids is 1. The lowest BCUT2D eigenvalue weighted by atomic mass is 10.1. The zero-order valence-corrected chi connectivity index (χ0v) is 15.5. The molecule has 26 heavy (non-hydrogen) atoms. The van der Waals surface area contributed by atoms with Crippen LogP contribution in [0.25, 0.3) is 0 Å². The molecule has 1 aromatic heterocycles. The Morgan fingerprint density at radius 3 is 2.42 bits per heavy atom. The number of amides is 1. The van der Waals surface area contributed by atoms with Crippen molar-refractivity contribution in [3.05, 3.63) is 40.8 Å². The molecule has 0 bridgehead atoms. The monoisotopic (exact) mass is 381 g/mol. The number of aromatic nitrogens is 1. The molecule has 10 heteroatoms. The Balaban J connectivity index is 2.20. The van der Waals surface area contributed by atoms with E-state index in [-0.39, 0.29) is 27.6 Å². The highest BCUT2D eigenvalue weighted by atomic mass is 32.2. The molecule has 0 aliphatic rings. The van der Waals surface area contributed by atoms with E-state index >= 15 is 0 Å². The van der Waals surface area contributed by atoms with Gasteiger partial charge in [0.2, 0.25) is 15.9 Å². The van der Waals surface area contributed by atoms with Crippen LogP contribution in [0.5, 0.6) is 0 Å². The first kappa shape index (κ1) is 19.6. The minimum atomic E-state index is -4.03. The second-order valence-electron chi connectivity index (χ2n) is 5.84. The molecule has 0 fully saturated rings. The highest BCUT2D eigenvalue weighted by Gasteiger charge is 2.28. The van der Waals surface area contributed by atoms with Crippen molar-refractivity contribution < 1.29 is 27.6 Å². The number of carboxylic acid groups (broad SMARTS) is 1. The topological polar surface area (TPSA) is 139 Å². The van der Waals surface area contributed by atoms with Gasteiger partial charge in [0.05, 0.1) is 17.3 Å². The number of nitrogens with zero attached hydrogens (tertiary/aromatic N) is 1. The zero-order valence-electron chi connectivity index (χ0n) is 14.7. The number of sulfonamides is 1. The summed E-state index contributed by atoms with van der Waals surface area (Å²) in [6, 6.07) is 3.35. The number of rotatable bonds is 6. The van der Waals surface area contributed by atoms with Gasteiger partial charge in [0.1, 0.15) is 10.6 Å². The molecule has 1 atom stereocenters. The van der Waals surface area contributed by atoms with Crippen LogP contribution in [0.2, 0.25) is 0 Å². The zero-order chi connectivity index (χ0) is 19.6. The molecule has 9 nitrogen and oxygen atoms in total. The predicted octanol–water partition coefficient (Wildman–Crippen LogP) is 1.60. The fourth-order valence-electron chi connectivity index (χ4n) is 2.39. The SMILES string of the molecule is Cc1ccc(NC(=O)C(C)NS(=O)(=O)c2c(C)noc2C)c(C(=O)O)c1. The maximum Gasteiger partial charge on any atom is 0.337 e. The molecule has 0 saturated heterocycles. The Hall–Kier alpha value is -2.72. The summed E-state index contributed by atoms with van der Waals surface area (Å²) in [5, 5.41) is 15.2. The molecule has 2 rings (SSSR count). The molecule has 1 amide bonds. The van der Waals surface area contributed by atoms with Crippen LogP contribution in [-0.2, 0) is 14.8 Å². The number of nitrogens with one attached hydrogen (secondary N) is 2. The highest BCUT2D eigenvalue weighted by Crippen LogP contribution is 2.20. The van der Waals surface area contributed by atoms with Gasteiger partial charge < -0.3 is 14.9 Å². The van der Waals surface area contributed by atoms with Crippen LogP contribution in [0, 0.1) is 20.8 Å². The lowest BCUT2D eigenvalue weighted by molar-refractivity contribution is -0.117. The highest BCUT2D eigenvalue weighted by molar-refractivity contribution is 7.89. The third kappa shape index (κ3) is 4.09. The van der Waals surface area contributed by atoms with E-state index in [2.05, 4.69) is 15.2 Å². The van der Waals surface area contributed by atoms with Gasteiger partial charge in [0.15, 0.2) is 5.76 Å². The van der Waals surface area contributed by atoms with E-state index in [0.29, 0.717) is 5.56 Å². The van der Waals surface area contributed by atoms with Crippen molar-refractivity contribution in [2.24, 2.45) is 0 Å². The summed E-state index contributed by atoms with van der Waals surface area (Å²) in [6.07, 6.45) is 0. The van der Waals surface area contributed by atoms with Crippen LogP contribution in [0.4, 0.5) is 5.69 Å². The van der Waals surface area contributed by atoms with Gasteiger partial charge in [-0.05, 0) is 39.8 Å². The number of carbonyl (C=O) groups excluding carboxylic acids is 1. The fraction of sp³-hybridized carbons (Fsp3) is 0.312. The summed E-state index contributed by atoms with van der Waals surface area (Å²) in [5.74, 6) is -1.80. The first-order chi connectivity index (χ1) is 12.0. The van der Waals surface area contributed by atoms with E-state index < -0.39 is 27.9 Å². The Kier molecular flexibility index (Phi) is 5.47. The van der Waals surface area contributed by atoms with Crippen molar-refractivity contribution in [1.29, 1.82) is 0 Å². The number of aryl methyl sites for hydroxylation is 3. The number of aromatic carboxylic acids is 1. The van der Waals surface area contributed by atoms with Gasteiger partial charge in [-0.3, -0.25) is 4.79 Å². The molecule has 0 aliphatic carbocycles.